The molecule has 7 heterocycles. The Morgan fingerprint density at radius 3 is 2.45 bits per heavy atom. The molecule has 2 saturated heterocycles. The summed E-state index contributed by atoms with van der Waals surface area (Å²) in [6.45, 7) is 10.3. The van der Waals surface area contributed by atoms with Gasteiger partial charge in [-0.15, -0.1) is 11.8 Å². The Bertz CT molecular complexity index is 2460. The van der Waals surface area contributed by atoms with Crippen LogP contribution in [0.3, 0.4) is 0 Å². The summed E-state index contributed by atoms with van der Waals surface area (Å²) >= 11 is 1.45. The van der Waals surface area contributed by atoms with Crippen LogP contribution in [0, 0.1) is 25.2 Å². The number of phenolic OH excluding ortho intramolecular Hbond substituents is 1. The maximum absolute atomic E-state index is 15.0. The Morgan fingerprint density at radius 1 is 1.00 bits per heavy atom. The SMILES string of the molecule is COc1cc2c(cc1OC(=O)OC(C)(C)C)CCN[C@]21CS[C@@H]2c3c(OC(C)=O)c(C)c4c(c3[C@H](COC1=O)N1C2[C@@H]2c3c(cc(C)c(OC)c3O)C[C@H]([C@@H]1C#N)N2C)OCO4. The molecule has 328 valence electrons. The number of benzene rings is 3. The summed E-state index contributed by atoms with van der Waals surface area (Å²) in [4.78, 5) is 45.3. The number of thioether (sulfide) groups is 1. The molecule has 10 rings (SSSR count). The quantitative estimate of drug-likeness (QED) is 0.187. The smallest absolute Gasteiger partial charge is 0.504 e. The van der Waals surface area contributed by atoms with Crippen LogP contribution in [0.4, 0.5) is 4.79 Å². The Labute approximate surface area is 363 Å². The van der Waals surface area contributed by atoms with Crippen molar-refractivity contribution < 1.29 is 57.4 Å². The second-order valence-corrected chi connectivity index (χ2v) is 18.8. The highest BCUT2D eigenvalue weighted by Crippen LogP contribution is 2.64. The second kappa shape index (κ2) is 15.1. The lowest BCUT2D eigenvalue weighted by Gasteiger charge is -2.62. The highest BCUT2D eigenvalue weighted by molar-refractivity contribution is 7.99. The number of carbonyl (C=O) groups excluding carboxylic acids is 3. The summed E-state index contributed by atoms with van der Waals surface area (Å²) in [5.41, 5.74) is 3.30. The Hall–Kier alpha value is -5.41. The van der Waals surface area contributed by atoms with Crippen LogP contribution in [-0.2, 0) is 37.4 Å². The van der Waals surface area contributed by atoms with E-state index in [0.29, 0.717) is 70.2 Å². The molecule has 3 aromatic rings. The lowest BCUT2D eigenvalue weighted by molar-refractivity contribution is -0.157. The molecule has 1 spiro atoms. The van der Waals surface area contributed by atoms with Gasteiger partial charge in [-0.2, -0.15) is 5.26 Å². The number of likely N-dealkylation sites (N-methyl/N-ethyl adjacent to an activating group) is 1. The van der Waals surface area contributed by atoms with Gasteiger partial charge in [-0.1, -0.05) is 6.07 Å². The number of nitrogens with zero attached hydrogens (tertiary/aromatic N) is 3. The molecule has 7 aliphatic heterocycles. The number of methoxy groups -OCH3 is 2. The van der Waals surface area contributed by atoms with Crippen LogP contribution < -0.4 is 33.7 Å². The first kappa shape index (κ1) is 41.9. The van der Waals surface area contributed by atoms with Crippen molar-refractivity contribution in [3.63, 3.8) is 0 Å². The number of phenols is 1. The van der Waals surface area contributed by atoms with Gasteiger partial charge in [-0.25, -0.2) is 9.59 Å². The molecular formula is C45H50N4O12S. The number of fused-ring (bicyclic) bond motifs is 9. The number of esters is 2. The standard InChI is InChI=1S/C45H50N4O12S/c1-20-12-24-13-26-27(16-46)49-28-17-56-42(52)45(25-15-29(54-8)30(14-23(25)10-11-47-45)60-43(53)61-44(4,5)6)18-62-41(35(49)34(48(26)7)31(24)36(51)37(20)55-9)33-32(28)40-39(57-19-58-40)21(2)38(33)59-22(3)50/h12,14-15,26-28,34-35,41,47,51H,10-11,13,17-19H2,1-9H3/t26-,27+,28+,34+,35?,41-,45-/m1/s1. The van der Waals surface area contributed by atoms with E-state index in [4.69, 9.17) is 37.9 Å². The van der Waals surface area contributed by atoms with E-state index in [9.17, 15) is 20.0 Å². The first-order valence-corrected chi connectivity index (χ1v) is 21.7. The molecule has 7 aliphatic rings. The number of nitrogens with one attached hydrogen (secondary N) is 1. The fourth-order valence-corrected chi connectivity index (χ4v) is 12.3. The summed E-state index contributed by atoms with van der Waals surface area (Å²) < 4.78 is 47.6. The average Bonchev–Trinajstić information content (AvgIpc) is 3.70. The first-order valence-electron chi connectivity index (χ1n) is 20.6. The molecule has 2 fully saturated rings. The van der Waals surface area contributed by atoms with Crippen LogP contribution in [0.15, 0.2) is 18.2 Å². The molecule has 0 aliphatic carbocycles. The van der Waals surface area contributed by atoms with E-state index in [1.165, 1.54) is 32.9 Å². The molecule has 2 N–H and O–H groups in total. The van der Waals surface area contributed by atoms with Gasteiger partial charge in [0.25, 0.3) is 0 Å². The number of nitriles is 1. The van der Waals surface area contributed by atoms with Crippen molar-refractivity contribution in [2.24, 2.45) is 0 Å². The molecule has 1 unspecified atom stereocenters. The Balaban J connectivity index is 1.27. The van der Waals surface area contributed by atoms with E-state index in [0.717, 1.165) is 16.7 Å². The molecule has 0 saturated carbocycles. The molecule has 7 atom stereocenters. The van der Waals surface area contributed by atoms with Crippen molar-refractivity contribution in [3.05, 3.63) is 62.7 Å². The van der Waals surface area contributed by atoms with Crippen molar-refractivity contribution >= 4 is 29.9 Å². The Kier molecular flexibility index (Phi) is 10.2. The number of ether oxygens (including phenoxy) is 8. The van der Waals surface area contributed by atoms with Crippen molar-refractivity contribution in [3.8, 4) is 46.3 Å². The van der Waals surface area contributed by atoms with Gasteiger partial charge in [0.15, 0.2) is 40.0 Å². The zero-order valence-electron chi connectivity index (χ0n) is 36.1. The maximum Gasteiger partial charge on any atom is 0.514 e. The van der Waals surface area contributed by atoms with Crippen molar-refractivity contribution in [1.29, 1.82) is 5.26 Å². The minimum absolute atomic E-state index is 0.0238. The van der Waals surface area contributed by atoms with E-state index in [2.05, 4.69) is 21.2 Å². The summed E-state index contributed by atoms with van der Waals surface area (Å²) in [6, 6.07) is 5.15. The third-order valence-electron chi connectivity index (χ3n) is 13.0. The van der Waals surface area contributed by atoms with Crippen LogP contribution in [0.1, 0.15) is 89.5 Å². The molecule has 62 heavy (non-hydrogen) atoms. The monoisotopic (exact) mass is 870 g/mol. The highest BCUT2D eigenvalue weighted by Gasteiger charge is 2.62. The zero-order valence-corrected chi connectivity index (χ0v) is 36.9. The molecule has 0 aromatic heterocycles. The summed E-state index contributed by atoms with van der Waals surface area (Å²) in [7, 11) is 4.96. The minimum Gasteiger partial charge on any atom is -0.504 e. The molecule has 4 bridgehead atoms. The van der Waals surface area contributed by atoms with Gasteiger partial charge in [0.05, 0.1) is 37.6 Å². The van der Waals surface area contributed by atoms with Gasteiger partial charge >= 0.3 is 18.1 Å². The van der Waals surface area contributed by atoms with Crippen LogP contribution in [0.2, 0.25) is 0 Å². The van der Waals surface area contributed by atoms with Crippen LogP contribution in [-0.4, -0.2) is 104 Å². The van der Waals surface area contributed by atoms with Gasteiger partial charge in [0.1, 0.15) is 24.0 Å². The van der Waals surface area contributed by atoms with Gasteiger partial charge in [-0.05, 0) is 88.9 Å². The van der Waals surface area contributed by atoms with Crippen LogP contribution in [0.25, 0.3) is 0 Å². The minimum atomic E-state index is -1.45. The highest BCUT2D eigenvalue weighted by atomic mass is 32.2. The van der Waals surface area contributed by atoms with E-state index in [1.807, 2.05) is 27.0 Å². The number of aryl methyl sites for hydroxylation is 1. The van der Waals surface area contributed by atoms with Gasteiger partial charge < -0.3 is 43.0 Å². The molecular weight excluding hydrogens is 821 g/mol. The normalized spacial score (nSPS) is 27.1. The van der Waals surface area contributed by atoms with Gasteiger partial charge in [0.2, 0.25) is 6.79 Å². The largest absolute Gasteiger partial charge is 0.514 e. The van der Waals surface area contributed by atoms with E-state index in [1.54, 1.807) is 32.9 Å². The average molecular weight is 871 g/mol. The lowest BCUT2D eigenvalue weighted by Crippen LogP contribution is -2.69. The zero-order chi connectivity index (χ0) is 44.2. The van der Waals surface area contributed by atoms with E-state index in [-0.39, 0.29) is 42.4 Å². The maximum atomic E-state index is 15.0. The number of hydrogen-bond acceptors (Lipinski definition) is 17. The van der Waals surface area contributed by atoms with Crippen LogP contribution in [0.5, 0.6) is 40.2 Å². The lowest BCUT2D eigenvalue weighted by atomic mass is 9.71. The van der Waals surface area contributed by atoms with E-state index >= 15 is 4.79 Å². The fraction of sp³-hybridized carbons (Fsp3) is 0.511. The van der Waals surface area contributed by atoms with Gasteiger partial charge in [0, 0.05) is 53.6 Å². The summed E-state index contributed by atoms with van der Waals surface area (Å²) in [6.07, 6.45) is 0.0593. The Morgan fingerprint density at radius 2 is 1.76 bits per heavy atom. The fourth-order valence-electron chi connectivity index (χ4n) is 10.6. The van der Waals surface area contributed by atoms with Crippen molar-refractivity contribution in [2.75, 3.05) is 47.0 Å². The molecule has 0 amide bonds. The number of carbonyl (C=O) groups is 3. The summed E-state index contributed by atoms with van der Waals surface area (Å²) in [5.74, 6) is 0.906. The van der Waals surface area contributed by atoms with Crippen molar-refractivity contribution in [2.45, 2.75) is 101 Å². The predicted molar refractivity (Wildman–Crippen MR) is 223 cm³/mol. The third kappa shape index (κ3) is 6.31. The second-order valence-electron chi connectivity index (χ2n) is 17.6. The van der Waals surface area contributed by atoms with Crippen molar-refractivity contribution in [1.82, 2.24) is 15.1 Å². The number of hydrogen-bond donors (Lipinski definition) is 2. The first-order chi connectivity index (χ1) is 29.5. The third-order valence-corrected chi connectivity index (χ3v) is 14.5. The summed E-state index contributed by atoms with van der Waals surface area (Å²) in [5, 5.41) is 26.3. The number of piperazine rings is 1. The molecule has 17 heteroatoms. The topological polar surface area (TPSA) is 188 Å². The predicted octanol–water partition coefficient (Wildman–Crippen LogP) is 5.60. The number of rotatable bonds is 4. The van der Waals surface area contributed by atoms with Crippen LogP contribution >= 0.6 is 11.8 Å². The molecule has 3 aromatic carbocycles. The number of aromatic hydroxyl groups is 1. The van der Waals surface area contributed by atoms with E-state index < -0.39 is 58.7 Å². The molecule has 0 radical (unpaired) electrons. The molecule has 16 nitrogen and oxygen atoms in total. The van der Waals surface area contributed by atoms with Gasteiger partial charge in [-0.3, -0.25) is 19.9 Å².